The average molecular weight is 548 g/mol. The summed E-state index contributed by atoms with van der Waals surface area (Å²) in [5.41, 5.74) is 0.839. The molecule has 4 rings (SSSR count). The lowest BCUT2D eigenvalue weighted by molar-refractivity contribution is 0.0315. The molecule has 9 nitrogen and oxygen atoms in total. The maximum atomic E-state index is 10.1. The quantitative estimate of drug-likeness (QED) is 0.325. The van der Waals surface area contributed by atoms with Gasteiger partial charge in [-0.2, -0.15) is 0 Å². The predicted molar refractivity (Wildman–Crippen MR) is 151 cm³/mol. The smallest absolute Gasteiger partial charge is 0.163 e. The minimum atomic E-state index is -0.582. The number of benzene rings is 1. The van der Waals surface area contributed by atoms with Crippen LogP contribution in [0, 0.1) is 5.41 Å². The number of anilines is 2. The van der Waals surface area contributed by atoms with Gasteiger partial charge in [0.1, 0.15) is 30.1 Å². The third-order valence-electron chi connectivity index (χ3n) is 7.46. The lowest BCUT2D eigenvalue weighted by Gasteiger charge is -2.36. The van der Waals surface area contributed by atoms with E-state index in [1.165, 1.54) is 0 Å². The highest BCUT2D eigenvalue weighted by Crippen LogP contribution is 2.33. The maximum absolute atomic E-state index is 10.1. The Bertz CT molecular complexity index is 1000. The highest BCUT2D eigenvalue weighted by Gasteiger charge is 2.32. The standard InChI is InChI=1S/C28H42ClN5O4/c1-3-30-17-23(35)18-38-24-6-4-5-21(15-24)27-32-25(31-20-28(19-29)9-13-37-14-10-28)16-26(33-27)34(2)22-7-11-36-12-8-22/h4-6,15-16,22-23,30,35H,3,7-14,17-20H2,1-2H3,(H,31,32,33). The van der Waals surface area contributed by atoms with E-state index < -0.39 is 6.10 Å². The van der Waals surface area contributed by atoms with E-state index in [9.17, 15) is 5.11 Å². The van der Waals surface area contributed by atoms with Gasteiger partial charge < -0.3 is 34.9 Å². The van der Waals surface area contributed by atoms with Crippen LogP contribution >= 0.6 is 11.6 Å². The molecule has 2 aliphatic rings. The molecule has 3 heterocycles. The molecule has 1 unspecified atom stereocenters. The Hall–Kier alpha value is -2.17. The Morgan fingerprint density at radius 2 is 1.92 bits per heavy atom. The number of hydrogen-bond donors (Lipinski definition) is 3. The SMILES string of the molecule is CCNCC(O)COc1cccc(-c2nc(NCC3(CCl)CCOCC3)cc(N(C)C3CCOCC3)n2)c1. The summed E-state index contributed by atoms with van der Waals surface area (Å²) in [6.07, 6.45) is 3.20. The van der Waals surface area contributed by atoms with Crippen molar-refractivity contribution in [1.82, 2.24) is 15.3 Å². The van der Waals surface area contributed by atoms with Gasteiger partial charge in [0.05, 0.1) is 0 Å². The van der Waals surface area contributed by atoms with Crippen LogP contribution < -0.4 is 20.3 Å². The Balaban J connectivity index is 1.56. The summed E-state index contributed by atoms with van der Waals surface area (Å²) in [7, 11) is 2.09. The zero-order chi connectivity index (χ0) is 26.8. The first-order valence-corrected chi connectivity index (χ1v) is 14.2. The van der Waals surface area contributed by atoms with E-state index >= 15 is 0 Å². The van der Waals surface area contributed by atoms with Crippen molar-refractivity contribution in [3.8, 4) is 17.1 Å². The first-order valence-electron chi connectivity index (χ1n) is 13.7. The molecule has 2 aliphatic heterocycles. The van der Waals surface area contributed by atoms with Crippen LogP contribution in [0.1, 0.15) is 32.6 Å². The molecule has 2 saturated heterocycles. The third kappa shape index (κ3) is 7.93. The molecule has 2 fully saturated rings. The number of likely N-dealkylation sites (N-methyl/N-ethyl adjacent to an activating group) is 1. The molecule has 210 valence electrons. The summed E-state index contributed by atoms with van der Waals surface area (Å²) in [5, 5.41) is 16.8. The van der Waals surface area contributed by atoms with Gasteiger partial charge in [0.25, 0.3) is 0 Å². The maximum Gasteiger partial charge on any atom is 0.163 e. The summed E-state index contributed by atoms with van der Waals surface area (Å²) in [4.78, 5) is 12.1. The van der Waals surface area contributed by atoms with Crippen LogP contribution in [-0.4, -0.2) is 92.8 Å². The summed E-state index contributed by atoms with van der Waals surface area (Å²) in [6.45, 7) is 7.23. The molecule has 1 aromatic heterocycles. The Morgan fingerprint density at radius 1 is 1.16 bits per heavy atom. The van der Waals surface area contributed by atoms with Gasteiger partial charge in [-0.25, -0.2) is 9.97 Å². The molecule has 2 aromatic rings. The van der Waals surface area contributed by atoms with Crippen molar-refractivity contribution in [2.75, 3.05) is 75.8 Å². The first-order chi connectivity index (χ1) is 18.5. The summed E-state index contributed by atoms with van der Waals surface area (Å²) >= 11 is 6.43. The van der Waals surface area contributed by atoms with Crippen molar-refractivity contribution < 1.29 is 19.3 Å². The molecule has 0 spiro atoms. The molecule has 10 heteroatoms. The summed E-state index contributed by atoms with van der Waals surface area (Å²) < 4.78 is 17.0. The Labute approximate surface area is 231 Å². The zero-order valence-corrected chi connectivity index (χ0v) is 23.4. The highest BCUT2D eigenvalue weighted by molar-refractivity contribution is 6.18. The second-order valence-electron chi connectivity index (χ2n) is 10.3. The van der Waals surface area contributed by atoms with Gasteiger partial charge in [0.2, 0.25) is 0 Å². The van der Waals surface area contributed by atoms with E-state index in [2.05, 4.69) is 22.6 Å². The number of rotatable bonds is 13. The van der Waals surface area contributed by atoms with E-state index in [0.717, 1.165) is 82.4 Å². The van der Waals surface area contributed by atoms with Crippen molar-refractivity contribution in [3.05, 3.63) is 30.3 Å². The molecule has 0 amide bonds. The average Bonchev–Trinajstić information content (AvgIpc) is 2.98. The van der Waals surface area contributed by atoms with Gasteiger partial charge >= 0.3 is 0 Å². The fourth-order valence-electron chi connectivity index (χ4n) is 4.82. The van der Waals surface area contributed by atoms with Crippen molar-refractivity contribution in [2.24, 2.45) is 5.41 Å². The monoisotopic (exact) mass is 547 g/mol. The normalized spacial score (nSPS) is 18.6. The lowest BCUT2D eigenvalue weighted by atomic mass is 9.82. The van der Waals surface area contributed by atoms with E-state index in [0.29, 0.717) is 30.0 Å². The topological polar surface area (TPSA) is 101 Å². The first kappa shape index (κ1) is 28.8. The minimum absolute atomic E-state index is 0.0150. The molecule has 3 N–H and O–H groups in total. The van der Waals surface area contributed by atoms with Crippen LogP contribution in [0.3, 0.4) is 0 Å². The molecule has 0 saturated carbocycles. The molecule has 1 atom stereocenters. The number of nitrogens with one attached hydrogen (secondary N) is 2. The van der Waals surface area contributed by atoms with E-state index in [4.69, 9.17) is 35.8 Å². The molecule has 0 aliphatic carbocycles. The predicted octanol–water partition coefficient (Wildman–Crippen LogP) is 3.56. The second-order valence-corrected chi connectivity index (χ2v) is 10.6. The fourth-order valence-corrected chi connectivity index (χ4v) is 5.18. The van der Waals surface area contributed by atoms with Crippen LogP contribution in [0.4, 0.5) is 11.6 Å². The van der Waals surface area contributed by atoms with Crippen molar-refractivity contribution >= 4 is 23.2 Å². The van der Waals surface area contributed by atoms with Crippen LogP contribution in [0.15, 0.2) is 30.3 Å². The molecule has 0 bridgehead atoms. The summed E-state index contributed by atoms with van der Waals surface area (Å²) in [6, 6.07) is 10.1. The second kappa shape index (κ2) is 14.3. The Kier molecular flexibility index (Phi) is 10.8. The fraction of sp³-hybridized carbons (Fsp3) is 0.643. The van der Waals surface area contributed by atoms with Crippen LogP contribution in [0.5, 0.6) is 5.75 Å². The highest BCUT2D eigenvalue weighted by atomic mass is 35.5. The van der Waals surface area contributed by atoms with Crippen molar-refractivity contribution in [1.29, 1.82) is 0 Å². The number of aliphatic hydroxyl groups is 1. The van der Waals surface area contributed by atoms with Gasteiger partial charge in [0.15, 0.2) is 5.82 Å². The largest absolute Gasteiger partial charge is 0.491 e. The zero-order valence-electron chi connectivity index (χ0n) is 22.6. The van der Waals surface area contributed by atoms with E-state index in [-0.39, 0.29) is 12.0 Å². The number of aromatic nitrogens is 2. The number of nitrogens with zero attached hydrogens (tertiary/aromatic N) is 3. The van der Waals surface area contributed by atoms with E-state index in [1.54, 1.807) is 0 Å². The minimum Gasteiger partial charge on any atom is -0.491 e. The third-order valence-corrected chi connectivity index (χ3v) is 8.03. The molecule has 1 aromatic carbocycles. The van der Waals surface area contributed by atoms with Crippen molar-refractivity contribution in [3.63, 3.8) is 0 Å². The van der Waals surface area contributed by atoms with Crippen molar-refractivity contribution in [2.45, 2.75) is 44.8 Å². The van der Waals surface area contributed by atoms with Gasteiger partial charge in [0, 0.05) is 75.5 Å². The number of ether oxygens (including phenoxy) is 3. The molecular weight excluding hydrogens is 506 g/mol. The number of halogens is 1. The van der Waals surface area contributed by atoms with Gasteiger partial charge in [-0.15, -0.1) is 11.6 Å². The lowest BCUT2D eigenvalue weighted by Crippen LogP contribution is -2.38. The van der Waals surface area contributed by atoms with Crippen LogP contribution in [-0.2, 0) is 9.47 Å². The van der Waals surface area contributed by atoms with Gasteiger partial charge in [-0.3, -0.25) is 0 Å². The number of hydrogen-bond acceptors (Lipinski definition) is 9. The van der Waals surface area contributed by atoms with Crippen LogP contribution in [0.25, 0.3) is 11.4 Å². The van der Waals surface area contributed by atoms with Gasteiger partial charge in [-0.05, 0) is 44.4 Å². The molecular formula is C28H42ClN5O4. The van der Waals surface area contributed by atoms with Crippen LogP contribution in [0.2, 0.25) is 0 Å². The molecule has 38 heavy (non-hydrogen) atoms. The number of alkyl halides is 1. The van der Waals surface area contributed by atoms with Gasteiger partial charge in [-0.1, -0.05) is 19.1 Å². The number of aliphatic hydroxyl groups excluding tert-OH is 1. The molecule has 0 radical (unpaired) electrons. The Morgan fingerprint density at radius 3 is 2.66 bits per heavy atom. The summed E-state index contributed by atoms with van der Waals surface area (Å²) in [5.74, 6) is 3.50. The van der Waals surface area contributed by atoms with E-state index in [1.807, 2.05) is 37.3 Å².